The lowest BCUT2D eigenvalue weighted by molar-refractivity contribution is -0.119. The number of hydrogen-bond acceptors (Lipinski definition) is 2. The summed E-state index contributed by atoms with van der Waals surface area (Å²) in [6.07, 6.45) is 4.28. The molecule has 1 atom stereocenters. The quantitative estimate of drug-likeness (QED) is 0.853. The minimum atomic E-state index is -0.958. The van der Waals surface area contributed by atoms with E-state index in [2.05, 4.69) is 5.32 Å². The molecule has 0 aliphatic heterocycles. The van der Waals surface area contributed by atoms with Gasteiger partial charge in [0.15, 0.2) is 0 Å². The van der Waals surface area contributed by atoms with Crippen molar-refractivity contribution >= 4 is 22.4 Å². The van der Waals surface area contributed by atoms with Gasteiger partial charge in [0, 0.05) is 33.9 Å². The van der Waals surface area contributed by atoms with Gasteiger partial charge in [-0.15, -0.1) is 0 Å². The number of hydrogen-bond donors (Lipinski definition) is 1. The third-order valence-electron chi connectivity index (χ3n) is 4.42. The molecule has 4 heteroatoms. The van der Waals surface area contributed by atoms with E-state index in [4.69, 9.17) is 0 Å². The Morgan fingerprint density at radius 1 is 0.958 bits per heavy atom. The van der Waals surface area contributed by atoms with Crippen molar-refractivity contribution in [1.29, 1.82) is 0 Å². The summed E-state index contributed by atoms with van der Waals surface area (Å²) < 4.78 is 12.3. The standard InChI is InChI=1S/C20H23NO2S/c22-20(18-10-4-5-11-18)21-19-12-6-9-17(13-19)15-24(23)14-16-7-2-1-3-8-16/h1-3,6-9,12-13,18H,4-5,10-11,14-15H2,(H,21,22). The highest BCUT2D eigenvalue weighted by Crippen LogP contribution is 2.26. The summed E-state index contributed by atoms with van der Waals surface area (Å²) in [5.74, 6) is 1.33. The molecule has 1 N–H and O–H groups in total. The Hall–Kier alpha value is -1.94. The second-order valence-corrected chi connectivity index (χ2v) is 7.84. The molecule has 1 fully saturated rings. The smallest absolute Gasteiger partial charge is 0.227 e. The van der Waals surface area contributed by atoms with Crippen molar-refractivity contribution in [3.8, 4) is 0 Å². The summed E-state index contributed by atoms with van der Waals surface area (Å²) >= 11 is 0. The second kappa shape index (κ2) is 8.25. The maximum Gasteiger partial charge on any atom is 0.227 e. The molecule has 2 aromatic rings. The Labute approximate surface area is 145 Å². The fourth-order valence-electron chi connectivity index (χ4n) is 3.17. The summed E-state index contributed by atoms with van der Waals surface area (Å²) in [7, 11) is -0.958. The molecule has 0 saturated heterocycles. The van der Waals surface area contributed by atoms with Crippen LogP contribution in [0.25, 0.3) is 0 Å². The first-order valence-corrected chi connectivity index (χ1v) is 9.98. The van der Waals surface area contributed by atoms with Gasteiger partial charge in [-0.2, -0.15) is 0 Å². The molecular weight excluding hydrogens is 318 g/mol. The SMILES string of the molecule is O=C(Nc1cccc(CS(=O)Cc2ccccc2)c1)C1CCCC1. The predicted molar refractivity (Wildman–Crippen MR) is 99.0 cm³/mol. The van der Waals surface area contributed by atoms with Crippen LogP contribution in [-0.4, -0.2) is 10.1 Å². The average Bonchev–Trinajstić information content (AvgIpc) is 3.10. The zero-order valence-corrected chi connectivity index (χ0v) is 14.6. The van der Waals surface area contributed by atoms with Gasteiger partial charge in [0.25, 0.3) is 0 Å². The fraction of sp³-hybridized carbons (Fsp3) is 0.350. The average molecular weight is 341 g/mol. The molecule has 24 heavy (non-hydrogen) atoms. The van der Waals surface area contributed by atoms with E-state index < -0.39 is 10.8 Å². The van der Waals surface area contributed by atoms with Gasteiger partial charge in [-0.05, 0) is 36.1 Å². The summed E-state index contributed by atoms with van der Waals surface area (Å²) in [6, 6.07) is 17.6. The zero-order valence-electron chi connectivity index (χ0n) is 13.7. The Bertz CT molecular complexity index is 709. The van der Waals surface area contributed by atoms with E-state index >= 15 is 0 Å². The van der Waals surface area contributed by atoms with Crippen LogP contribution in [0.15, 0.2) is 54.6 Å². The molecule has 3 rings (SSSR count). The van der Waals surface area contributed by atoms with Crippen molar-refractivity contribution in [2.45, 2.75) is 37.2 Å². The van der Waals surface area contributed by atoms with E-state index in [1.807, 2.05) is 54.6 Å². The molecule has 1 aliphatic carbocycles. The predicted octanol–water partition coefficient (Wildman–Crippen LogP) is 4.26. The monoisotopic (exact) mass is 341 g/mol. The first-order chi connectivity index (χ1) is 11.7. The minimum absolute atomic E-state index is 0.120. The molecule has 0 radical (unpaired) electrons. The zero-order chi connectivity index (χ0) is 16.8. The van der Waals surface area contributed by atoms with Gasteiger partial charge in [-0.3, -0.25) is 9.00 Å². The van der Waals surface area contributed by atoms with E-state index in [9.17, 15) is 9.00 Å². The van der Waals surface area contributed by atoms with Crippen molar-refractivity contribution in [2.24, 2.45) is 5.92 Å². The van der Waals surface area contributed by atoms with Gasteiger partial charge in [-0.25, -0.2) is 0 Å². The highest BCUT2D eigenvalue weighted by Gasteiger charge is 2.22. The Morgan fingerprint density at radius 2 is 1.62 bits per heavy atom. The van der Waals surface area contributed by atoms with Crippen molar-refractivity contribution < 1.29 is 9.00 Å². The molecule has 1 saturated carbocycles. The van der Waals surface area contributed by atoms with Gasteiger partial charge >= 0.3 is 0 Å². The summed E-state index contributed by atoms with van der Waals surface area (Å²) in [6.45, 7) is 0. The van der Waals surface area contributed by atoms with Crippen LogP contribution in [0.3, 0.4) is 0 Å². The first-order valence-electron chi connectivity index (χ1n) is 8.49. The number of nitrogens with one attached hydrogen (secondary N) is 1. The molecule has 1 aliphatic rings. The lowest BCUT2D eigenvalue weighted by Gasteiger charge is -2.11. The van der Waals surface area contributed by atoms with Gasteiger partial charge in [0.1, 0.15) is 0 Å². The largest absolute Gasteiger partial charge is 0.326 e. The lowest BCUT2D eigenvalue weighted by Crippen LogP contribution is -2.20. The number of anilines is 1. The van der Waals surface area contributed by atoms with E-state index in [-0.39, 0.29) is 11.8 Å². The van der Waals surface area contributed by atoms with Crippen LogP contribution in [0.2, 0.25) is 0 Å². The number of carbonyl (C=O) groups is 1. The molecular formula is C20H23NO2S. The van der Waals surface area contributed by atoms with E-state index in [1.165, 1.54) is 0 Å². The fourth-order valence-corrected chi connectivity index (χ4v) is 4.39. The van der Waals surface area contributed by atoms with Crippen LogP contribution in [0.4, 0.5) is 5.69 Å². The maximum atomic E-state index is 12.3. The summed E-state index contributed by atoms with van der Waals surface area (Å²) in [4.78, 5) is 12.2. The molecule has 1 unspecified atom stereocenters. The number of rotatable bonds is 6. The normalized spacial score (nSPS) is 16.0. The van der Waals surface area contributed by atoms with Crippen LogP contribution in [-0.2, 0) is 27.1 Å². The molecule has 0 bridgehead atoms. The highest BCUT2D eigenvalue weighted by atomic mass is 32.2. The minimum Gasteiger partial charge on any atom is -0.326 e. The third-order valence-corrected chi connectivity index (χ3v) is 5.73. The van der Waals surface area contributed by atoms with E-state index in [0.29, 0.717) is 11.5 Å². The van der Waals surface area contributed by atoms with Gasteiger partial charge < -0.3 is 5.32 Å². The lowest BCUT2D eigenvalue weighted by atomic mass is 10.1. The van der Waals surface area contributed by atoms with Crippen LogP contribution in [0.1, 0.15) is 36.8 Å². The van der Waals surface area contributed by atoms with Crippen LogP contribution in [0, 0.1) is 5.92 Å². The van der Waals surface area contributed by atoms with Crippen LogP contribution in [0.5, 0.6) is 0 Å². The van der Waals surface area contributed by atoms with Crippen molar-refractivity contribution in [2.75, 3.05) is 5.32 Å². The Morgan fingerprint density at radius 3 is 2.38 bits per heavy atom. The molecule has 1 amide bonds. The number of benzene rings is 2. The summed E-state index contributed by atoms with van der Waals surface area (Å²) in [5, 5.41) is 3.01. The van der Waals surface area contributed by atoms with Crippen LogP contribution < -0.4 is 5.32 Å². The first kappa shape index (κ1) is 16.9. The Kier molecular flexibility index (Phi) is 5.81. The van der Waals surface area contributed by atoms with Crippen molar-refractivity contribution in [1.82, 2.24) is 0 Å². The molecule has 3 nitrogen and oxygen atoms in total. The molecule has 0 heterocycles. The third kappa shape index (κ3) is 4.78. The molecule has 2 aromatic carbocycles. The maximum absolute atomic E-state index is 12.3. The molecule has 0 spiro atoms. The molecule has 0 aromatic heterocycles. The van der Waals surface area contributed by atoms with Gasteiger partial charge in [-0.1, -0.05) is 55.3 Å². The summed E-state index contributed by atoms with van der Waals surface area (Å²) in [5.41, 5.74) is 2.89. The van der Waals surface area contributed by atoms with Gasteiger partial charge in [0.2, 0.25) is 5.91 Å². The van der Waals surface area contributed by atoms with Crippen LogP contribution >= 0.6 is 0 Å². The van der Waals surface area contributed by atoms with E-state index in [0.717, 1.165) is 42.5 Å². The number of carbonyl (C=O) groups excluding carboxylic acids is 1. The van der Waals surface area contributed by atoms with Crippen molar-refractivity contribution in [3.05, 3.63) is 65.7 Å². The van der Waals surface area contributed by atoms with Crippen molar-refractivity contribution in [3.63, 3.8) is 0 Å². The van der Waals surface area contributed by atoms with Gasteiger partial charge in [0.05, 0.1) is 0 Å². The number of amides is 1. The highest BCUT2D eigenvalue weighted by molar-refractivity contribution is 7.83. The molecule has 126 valence electrons. The van der Waals surface area contributed by atoms with E-state index in [1.54, 1.807) is 0 Å². The topological polar surface area (TPSA) is 46.2 Å². The second-order valence-electron chi connectivity index (χ2n) is 6.39. The Balaban J connectivity index is 1.58.